The van der Waals surface area contributed by atoms with Gasteiger partial charge in [-0.25, -0.2) is 9.97 Å². The molecule has 0 unspecified atom stereocenters. The second-order valence-corrected chi connectivity index (χ2v) is 10.8. The summed E-state index contributed by atoms with van der Waals surface area (Å²) in [6, 6.07) is 1.99. The van der Waals surface area contributed by atoms with Crippen LogP contribution in [0.2, 0.25) is 0 Å². The molecule has 1 aliphatic rings. The molecule has 0 saturated heterocycles. The first kappa shape index (κ1) is 20.7. The van der Waals surface area contributed by atoms with E-state index >= 15 is 0 Å². The first-order valence-electron chi connectivity index (χ1n) is 10.2. The number of carbonyl (C=O) groups is 1. The lowest BCUT2D eigenvalue weighted by atomic mass is 10.0. The number of aromatic nitrogens is 3. The molecule has 3 N–H and O–H groups in total. The summed E-state index contributed by atoms with van der Waals surface area (Å²) in [6.45, 7) is 5.14. The van der Waals surface area contributed by atoms with E-state index in [1.807, 2.05) is 19.2 Å². The molecule has 1 amide bonds. The van der Waals surface area contributed by atoms with E-state index < -0.39 is 0 Å². The van der Waals surface area contributed by atoms with Gasteiger partial charge in [0.25, 0.3) is 0 Å². The second kappa shape index (κ2) is 9.09. The van der Waals surface area contributed by atoms with Crippen molar-refractivity contribution in [1.82, 2.24) is 25.6 Å². The molecule has 160 valence electrons. The minimum absolute atomic E-state index is 0.0172. The zero-order valence-corrected chi connectivity index (χ0v) is 19.5. The van der Waals surface area contributed by atoms with Crippen LogP contribution in [-0.2, 0) is 24.3 Å². The minimum Gasteiger partial charge on any atom is -0.317 e. The number of nitrogens with one attached hydrogen (secondary N) is 3. The van der Waals surface area contributed by atoms with Gasteiger partial charge in [-0.1, -0.05) is 0 Å². The van der Waals surface area contributed by atoms with E-state index in [2.05, 4.69) is 25.9 Å². The van der Waals surface area contributed by atoms with Crippen LogP contribution in [0.25, 0.3) is 20.8 Å². The molecule has 0 aliphatic carbocycles. The number of fused-ring (bicyclic) bond motifs is 2. The van der Waals surface area contributed by atoms with Crippen molar-refractivity contribution in [3.05, 3.63) is 45.0 Å². The van der Waals surface area contributed by atoms with Crippen LogP contribution >= 0.6 is 34.0 Å². The van der Waals surface area contributed by atoms with Crippen LogP contribution in [0.4, 0.5) is 5.00 Å². The molecule has 0 radical (unpaired) electrons. The molecule has 0 fully saturated rings. The van der Waals surface area contributed by atoms with Gasteiger partial charge in [0, 0.05) is 53.8 Å². The third-order valence-corrected chi connectivity index (χ3v) is 8.20. The van der Waals surface area contributed by atoms with E-state index in [0.717, 1.165) is 56.9 Å². The van der Waals surface area contributed by atoms with Crippen LogP contribution in [0.5, 0.6) is 0 Å². The molecule has 0 aromatic carbocycles. The summed E-state index contributed by atoms with van der Waals surface area (Å²) in [5.41, 5.74) is 3.30. The fraction of sp³-hybridized carbons (Fsp3) is 0.333. The largest absolute Gasteiger partial charge is 0.317 e. The molecule has 0 atom stereocenters. The predicted molar refractivity (Wildman–Crippen MR) is 128 cm³/mol. The number of aryl methyl sites for hydroxylation is 1. The fourth-order valence-electron chi connectivity index (χ4n) is 3.63. The number of rotatable bonds is 7. The number of thiophene rings is 1. The maximum Gasteiger partial charge on any atom is 0.226 e. The second-order valence-electron chi connectivity index (χ2n) is 7.32. The van der Waals surface area contributed by atoms with Crippen LogP contribution < -0.4 is 16.0 Å². The molecular weight excluding hydrogens is 448 g/mol. The van der Waals surface area contributed by atoms with Gasteiger partial charge in [0.15, 0.2) is 0 Å². The average Bonchev–Trinajstić information content (AvgIpc) is 3.46. The number of hydrogen-bond acceptors (Lipinski definition) is 9. The van der Waals surface area contributed by atoms with Crippen molar-refractivity contribution in [3.63, 3.8) is 0 Å². The molecule has 4 aromatic rings. The Hall–Kier alpha value is -2.24. The summed E-state index contributed by atoms with van der Waals surface area (Å²) in [7, 11) is 0. The van der Waals surface area contributed by atoms with Crippen molar-refractivity contribution in [2.24, 2.45) is 0 Å². The Morgan fingerprint density at radius 3 is 3.03 bits per heavy atom. The zero-order valence-electron chi connectivity index (χ0n) is 17.0. The summed E-state index contributed by atoms with van der Waals surface area (Å²) < 4.78 is 1.11. The Balaban J connectivity index is 1.31. The van der Waals surface area contributed by atoms with Crippen LogP contribution in [0.3, 0.4) is 0 Å². The summed E-state index contributed by atoms with van der Waals surface area (Å²) in [5, 5.41) is 12.8. The van der Waals surface area contributed by atoms with E-state index in [9.17, 15) is 4.79 Å². The van der Waals surface area contributed by atoms with Crippen molar-refractivity contribution in [2.75, 3.05) is 18.4 Å². The normalized spacial score (nSPS) is 13.5. The number of thiazole rings is 2. The highest BCUT2D eigenvalue weighted by molar-refractivity contribution is 7.23. The smallest absolute Gasteiger partial charge is 0.226 e. The van der Waals surface area contributed by atoms with Crippen molar-refractivity contribution < 1.29 is 4.79 Å². The third-order valence-electron chi connectivity index (χ3n) is 5.08. The maximum atomic E-state index is 12.7. The molecule has 0 spiro atoms. The van der Waals surface area contributed by atoms with Gasteiger partial charge in [0.1, 0.15) is 15.5 Å². The van der Waals surface area contributed by atoms with E-state index in [0.29, 0.717) is 13.0 Å². The van der Waals surface area contributed by atoms with Gasteiger partial charge >= 0.3 is 0 Å². The first-order chi connectivity index (χ1) is 15.2. The lowest BCUT2D eigenvalue weighted by molar-refractivity contribution is -0.116. The van der Waals surface area contributed by atoms with Crippen LogP contribution in [-0.4, -0.2) is 33.9 Å². The molecule has 7 nitrogen and oxygen atoms in total. The summed E-state index contributed by atoms with van der Waals surface area (Å²) in [4.78, 5) is 28.4. The number of carbonyl (C=O) groups excluding carboxylic acids is 1. The number of anilines is 1. The van der Waals surface area contributed by atoms with E-state index in [1.54, 1.807) is 46.4 Å². The molecule has 1 aliphatic heterocycles. The molecule has 4 aromatic heterocycles. The third kappa shape index (κ3) is 4.53. The highest BCUT2D eigenvalue weighted by atomic mass is 32.1. The standard InChI is InChI=1S/C21H22N6OS3/c1-12-25-9-13(29-12)8-22-7-4-18(28)27-21-19(14-2-5-24-11-17(14)31-21)20-26-15-10-23-6-3-16(15)30-20/h3,6,9-10,22,24H,2,4-5,7-8,11H2,1H3,(H,27,28). The SMILES string of the molecule is Cc1ncc(CNCCC(=O)Nc2sc3c(c2-c2nc4cnccc4s2)CCNC3)s1. The molecule has 10 heteroatoms. The number of nitrogens with zero attached hydrogens (tertiary/aromatic N) is 3. The quantitative estimate of drug-likeness (QED) is 0.354. The summed E-state index contributed by atoms with van der Waals surface area (Å²) in [5.74, 6) is 0.0172. The topological polar surface area (TPSA) is 91.8 Å². The van der Waals surface area contributed by atoms with Crippen molar-refractivity contribution in [3.8, 4) is 10.6 Å². The van der Waals surface area contributed by atoms with E-state index in [4.69, 9.17) is 4.98 Å². The van der Waals surface area contributed by atoms with E-state index in [-0.39, 0.29) is 5.91 Å². The highest BCUT2D eigenvalue weighted by Crippen LogP contribution is 2.44. The molecule has 0 bridgehead atoms. The Morgan fingerprint density at radius 2 is 2.19 bits per heavy atom. The van der Waals surface area contributed by atoms with Crippen molar-refractivity contribution in [2.45, 2.75) is 32.9 Å². The number of hydrogen-bond donors (Lipinski definition) is 3. The van der Waals surface area contributed by atoms with Gasteiger partial charge < -0.3 is 16.0 Å². The monoisotopic (exact) mass is 470 g/mol. The van der Waals surface area contributed by atoms with E-state index in [1.165, 1.54) is 15.3 Å². The zero-order chi connectivity index (χ0) is 21.2. The average molecular weight is 471 g/mol. The van der Waals surface area contributed by atoms with Gasteiger partial charge in [-0.2, -0.15) is 0 Å². The number of pyridine rings is 1. The summed E-state index contributed by atoms with van der Waals surface area (Å²) in [6.07, 6.45) is 6.84. The number of amides is 1. The van der Waals surface area contributed by atoms with Crippen LogP contribution in [0, 0.1) is 6.92 Å². The fourth-order valence-corrected chi connectivity index (χ4v) is 6.70. The molecular formula is C21H22N6OS3. The van der Waals surface area contributed by atoms with Crippen molar-refractivity contribution in [1.29, 1.82) is 0 Å². The Labute approximate surface area is 192 Å². The first-order valence-corrected chi connectivity index (χ1v) is 12.6. The van der Waals surface area contributed by atoms with Gasteiger partial charge in [0.2, 0.25) is 5.91 Å². The van der Waals surface area contributed by atoms with Gasteiger partial charge in [-0.05, 0) is 31.5 Å². The Morgan fingerprint density at radius 1 is 1.26 bits per heavy atom. The van der Waals surface area contributed by atoms with Crippen molar-refractivity contribution >= 4 is 55.1 Å². The molecule has 5 heterocycles. The highest BCUT2D eigenvalue weighted by Gasteiger charge is 2.25. The lowest BCUT2D eigenvalue weighted by Gasteiger charge is -2.13. The Kier molecular flexibility index (Phi) is 6.06. The van der Waals surface area contributed by atoms with Gasteiger partial charge in [-0.15, -0.1) is 34.0 Å². The molecule has 5 rings (SSSR count). The molecule has 31 heavy (non-hydrogen) atoms. The Bertz CT molecular complexity index is 1190. The summed E-state index contributed by atoms with van der Waals surface area (Å²) >= 11 is 5.00. The maximum absolute atomic E-state index is 12.7. The van der Waals surface area contributed by atoms with Crippen LogP contribution in [0.15, 0.2) is 24.7 Å². The minimum atomic E-state index is 0.0172. The van der Waals surface area contributed by atoms with Crippen LogP contribution in [0.1, 0.15) is 26.7 Å². The lowest BCUT2D eigenvalue weighted by Crippen LogP contribution is -2.22. The predicted octanol–water partition coefficient (Wildman–Crippen LogP) is 3.95. The molecule has 0 saturated carbocycles. The van der Waals surface area contributed by atoms with Gasteiger partial charge in [-0.3, -0.25) is 9.78 Å². The van der Waals surface area contributed by atoms with Gasteiger partial charge in [0.05, 0.1) is 15.9 Å².